The lowest BCUT2D eigenvalue weighted by atomic mass is 9.95. The first-order valence-corrected chi connectivity index (χ1v) is 7.19. The SMILES string of the molecule is CNC(CN1CCC(C)CC1)C1CCCC1. The van der Waals surface area contributed by atoms with Crippen LogP contribution in [0.2, 0.25) is 0 Å². The summed E-state index contributed by atoms with van der Waals surface area (Å²) in [6, 6.07) is 0.746. The van der Waals surface area contributed by atoms with Gasteiger partial charge in [-0.1, -0.05) is 19.8 Å². The summed E-state index contributed by atoms with van der Waals surface area (Å²) in [5.41, 5.74) is 0. The van der Waals surface area contributed by atoms with Crippen LogP contribution in [0.25, 0.3) is 0 Å². The molecule has 1 saturated carbocycles. The van der Waals surface area contributed by atoms with Crippen LogP contribution in [0.4, 0.5) is 0 Å². The summed E-state index contributed by atoms with van der Waals surface area (Å²) in [4.78, 5) is 2.68. The molecular weight excluding hydrogens is 196 g/mol. The molecule has 0 radical (unpaired) electrons. The molecule has 2 heteroatoms. The predicted molar refractivity (Wildman–Crippen MR) is 69.6 cm³/mol. The van der Waals surface area contributed by atoms with Crippen LogP contribution < -0.4 is 5.32 Å². The molecule has 2 aliphatic rings. The number of rotatable bonds is 4. The molecule has 0 aromatic rings. The fourth-order valence-corrected chi connectivity index (χ4v) is 3.36. The van der Waals surface area contributed by atoms with E-state index in [1.54, 1.807) is 0 Å². The number of nitrogens with zero attached hydrogens (tertiary/aromatic N) is 1. The van der Waals surface area contributed by atoms with Gasteiger partial charge < -0.3 is 10.2 Å². The van der Waals surface area contributed by atoms with Gasteiger partial charge in [0.25, 0.3) is 0 Å². The lowest BCUT2D eigenvalue weighted by molar-refractivity contribution is 0.160. The van der Waals surface area contributed by atoms with Crippen molar-refractivity contribution in [2.75, 3.05) is 26.7 Å². The molecule has 0 bridgehead atoms. The van der Waals surface area contributed by atoms with Crippen molar-refractivity contribution in [3.63, 3.8) is 0 Å². The topological polar surface area (TPSA) is 15.3 Å². The van der Waals surface area contributed by atoms with E-state index in [4.69, 9.17) is 0 Å². The largest absolute Gasteiger partial charge is 0.315 e. The Hall–Kier alpha value is -0.0800. The van der Waals surface area contributed by atoms with Gasteiger partial charge in [0.05, 0.1) is 0 Å². The summed E-state index contributed by atoms with van der Waals surface area (Å²) in [6.45, 7) is 6.33. The highest BCUT2D eigenvalue weighted by atomic mass is 15.2. The fourth-order valence-electron chi connectivity index (χ4n) is 3.36. The minimum atomic E-state index is 0.746. The molecular formula is C14H28N2. The van der Waals surface area contributed by atoms with Crippen LogP contribution in [0.1, 0.15) is 45.4 Å². The molecule has 1 aliphatic heterocycles. The van der Waals surface area contributed by atoms with Crippen molar-refractivity contribution in [2.45, 2.75) is 51.5 Å². The van der Waals surface area contributed by atoms with Gasteiger partial charge in [-0.05, 0) is 57.7 Å². The van der Waals surface area contributed by atoms with E-state index >= 15 is 0 Å². The Balaban J connectivity index is 1.77. The summed E-state index contributed by atoms with van der Waals surface area (Å²) < 4.78 is 0. The van der Waals surface area contributed by atoms with Gasteiger partial charge in [0.15, 0.2) is 0 Å². The second kappa shape index (κ2) is 6.02. The summed E-state index contributed by atoms with van der Waals surface area (Å²) in [7, 11) is 2.15. The lowest BCUT2D eigenvalue weighted by Gasteiger charge is -2.35. The molecule has 0 amide bonds. The Morgan fingerprint density at radius 1 is 1.12 bits per heavy atom. The average Bonchev–Trinajstić information content (AvgIpc) is 2.82. The molecule has 2 fully saturated rings. The molecule has 2 nitrogen and oxygen atoms in total. The molecule has 1 aliphatic carbocycles. The Labute approximate surface area is 101 Å². The number of piperidine rings is 1. The van der Waals surface area contributed by atoms with Crippen molar-refractivity contribution < 1.29 is 0 Å². The molecule has 0 aromatic heterocycles. The molecule has 1 N–H and O–H groups in total. The highest BCUT2D eigenvalue weighted by molar-refractivity contribution is 4.83. The van der Waals surface area contributed by atoms with Gasteiger partial charge in [0.2, 0.25) is 0 Å². The maximum absolute atomic E-state index is 3.56. The van der Waals surface area contributed by atoms with E-state index in [9.17, 15) is 0 Å². The third kappa shape index (κ3) is 3.21. The first-order valence-electron chi connectivity index (χ1n) is 7.19. The standard InChI is InChI=1S/C14H28N2/c1-12-7-9-16(10-8-12)11-14(15-2)13-5-3-4-6-13/h12-15H,3-11H2,1-2H3. The van der Waals surface area contributed by atoms with E-state index < -0.39 is 0 Å². The summed E-state index contributed by atoms with van der Waals surface area (Å²) in [5, 5.41) is 3.56. The smallest absolute Gasteiger partial charge is 0.0220 e. The van der Waals surface area contributed by atoms with Gasteiger partial charge in [-0.25, -0.2) is 0 Å². The Morgan fingerprint density at radius 3 is 2.31 bits per heavy atom. The van der Waals surface area contributed by atoms with Crippen molar-refractivity contribution in [1.29, 1.82) is 0 Å². The summed E-state index contributed by atoms with van der Waals surface area (Å²) >= 11 is 0. The van der Waals surface area contributed by atoms with Gasteiger partial charge in [0.1, 0.15) is 0 Å². The molecule has 1 atom stereocenters. The molecule has 1 unspecified atom stereocenters. The number of hydrogen-bond acceptors (Lipinski definition) is 2. The van der Waals surface area contributed by atoms with E-state index in [0.29, 0.717) is 0 Å². The highest BCUT2D eigenvalue weighted by Gasteiger charge is 2.26. The summed E-state index contributed by atoms with van der Waals surface area (Å²) in [5.74, 6) is 1.90. The lowest BCUT2D eigenvalue weighted by Crippen LogP contribution is -2.46. The number of likely N-dealkylation sites (tertiary alicyclic amines) is 1. The van der Waals surface area contributed by atoms with Crippen molar-refractivity contribution in [3.05, 3.63) is 0 Å². The molecule has 1 heterocycles. The van der Waals surface area contributed by atoms with Crippen molar-refractivity contribution in [2.24, 2.45) is 11.8 Å². The van der Waals surface area contributed by atoms with Gasteiger partial charge in [-0.3, -0.25) is 0 Å². The minimum absolute atomic E-state index is 0.746. The zero-order chi connectivity index (χ0) is 11.4. The van der Waals surface area contributed by atoms with Crippen LogP contribution in [-0.2, 0) is 0 Å². The third-order valence-corrected chi connectivity index (χ3v) is 4.67. The Morgan fingerprint density at radius 2 is 1.75 bits per heavy atom. The molecule has 94 valence electrons. The van der Waals surface area contributed by atoms with Gasteiger partial charge >= 0.3 is 0 Å². The summed E-state index contributed by atoms with van der Waals surface area (Å²) in [6.07, 6.45) is 8.63. The predicted octanol–water partition coefficient (Wildman–Crippen LogP) is 2.50. The second-order valence-electron chi connectivity index (χ2n) is 5.92. The van der Waals surface area contributed by atoms with E-state index in [0.717, 1.165) is 17.9 Å². The van der Waals surface area contributed by atoms with Crippen molar-refractivity contribution in [3.8, 4) is 0 Å². The zero-order valence-electron chi connectivity index (χ0n) is 11.0. The molecule has 2 rings (SSSR count). The van der Waals surface area contributed by atoms with Crippen LogP contribution in [0.3, 0.4) is 0 Å². The van der Waals surface area contributed by atoms with E-state index in [1.165, 1.54) is 58.2 Å². The molecule has 16 heavy (non-hydrogen) atoms. The first-order chi connectivity index (χ1) is 7.79. The van der Waals surface area contributed by atoms with Crippen LogP contribution in [-0.4, -0.2) is 37.6 Å². The third-order valence-electron chi connectivity index (χ3n) is 4.67. The average molecular weight is 224 g/mol. The molecule has 1 saturated heterocycles. The molecule has 0 spiro atoms. The van der Waals surface area contributed by atoms with Crippen molar-refractivity contribution in [1.82, 2.24) is 10.2 Å². The van der Waals surface area contributed by atoms with E-state index in [1.807, 2.05) is 0 Å². The van der Waals surface area contributed by atoms with Crippen LogP contribution in [0.15, 0.2) is 0 Å². The highest BCUT2D eigenvalue weighted by Crippen LogP contribution is 2.28. The quantitative estimate of drug-likeness (QED) is 0.789. The van der Waals surface area contributed by atoms with E-state index in [-0.39, 0.29) is 0 Å². The number of hydrogen-bond donors (Lipinski definition) is 1. The maximum atomic E-state index is 3.56. The number of nitrogens with one attached hydrogen (secondary N) is 1. The van der Waals surface area contributed by atoms with Gasteiger partial charge in [-0.15, -0.1) is 0 Å². The van der Waals surface area contributed by atoms with Gasteiger partial charge in [0, 0.05) is 12.6 Å². The zero-order valence-corrected chi connectivity index (χ0v) is 11.0. The first kappa shape index (κ1) is 12.4. The maximum Gasteiger partial charge on any atom is 0.0220 e. The second-order valence-corrected chi connectivity index (χ2v) is 5.92. The van der Waals surface area contributed by atoms with Crippen LogP contribution in [0.5, 0.6) is 0 Å². The van der Waals surface area contributed by atoms with Crippen LogP contribution >= 0.6 is 0 Å². The van der Waals surface area contributed by atoms with Crippen molar-refractivity contribution >= 4 is 0 Å². The Kier molecular flexibility index (Phi) is 4.66. The van der Waals surface area contributed by atoms with Gasteiger partial charge in [-0.2, -0.15) is 0 Å². The fraction of sp³-hybridized carbons (Fsp3) is 1.00. The molecule has 0 aromatic carbocycles. The number of likely N-dealkylation sites (N-methyl/N-ethyl adjacent to an activating group) is 1. The van der Waals surface area contributed by atoms with Crippen LogP contribution in [0, 0.1) is 11.8 Å². The van der Waals surface area contributed by atoms with E-state index in [2.05, 4.69) is 24.2 Å². The minimum Gasteiger partial charge on any atom is -0.315 e. The monoisotopic (exact) mass is 224 g/mol. The normalized spacial score (nSPS) is 27.4. The Bertz CT molecular complexity index is 191.